The van der Waals surface area contributed by atoms with Gasteiger partial charge in [-0.2, -0.15) is 0 Å². The van der Waals surface area contributed by atoms with E-state index < -0.39 is 23.5 Å². The summed E-state index contributed by atoms with van der Waals surface area (Å²) in [5.41, 5.74) is 4.14. The lowest BCUT2D eigenvalue weighted by molar-refractivity contribution is -0.140. The zero-order valence-electron chi connectivity index (χ0n) is 12.7. The van der Waals surface area contributed by atoms with Gasteiger partial charge >= 0.3 is 11.8 Å². The molecule has 1 heterocycles. The standard InChI is InChI=1S/C16H13BrFN3O4/c17-11-4-5-13(18)10(8-11)3-6-14(22)20-21-16(24)15(23)19-9-12-2-1-7-25-12/h1-8H,9H2,(H,19,23)(H,20,22)(H,21,24)/b6-3+. The first kappa shape index (κ1) is 18.4. The van der Waals surface area contributed by atoms with Gasteiger partial charge in [-0.25, -0.2) is 4.39 Å². The predicted molar refractivity (Wildman–Crippen MR) is 90.0 cm³/mol. The molecule has 3 amide bonds. The Morgan fingerprint density at radius 3 is 2.68 bits per heavy atom. The number of hydrogen-bond acceptors (Lipinski definition) is 4. The molecule has 0 aliphatic heterocycles. The fourth-order valence-corrected chi connectivity index (χ4v) is 2.06. The molecule has 7 nitrogen and oxygen atoms in total. The molecule has 0 aliphatic carbocycles. The van der Waals surface area contributed by atoms with Gasteiger partial charge in [-0.05, 0) is 36.4 Å². The first-order chi connectivity index (χ1) is 12.0. The van der Waals surface area contributed by atoms with E-state index in [1.165, 1.54) is 30.5 Å². The molecule has 2 aromatic rings. The summed E-state index contributed by atoms with van der Waals surface area (Å²) in [5.74, 6) is -2.76. The molecule has 0 aliphatic rings. The average Bonchev–Trinajstić information content (AvgIpc) is 3.11. The van der Waals surface area contributed by atoms with Gasteiger partial charge in [0.1, 0.15) is 11.6 Å². The highest BCUT2D eigenvalue weighted by Gasteiger charge is 2.13. The van der Waals surface area contributed by atoms with E-state index in [2.05, 4.69) is 21.2 Å². The van der Waals surface area contributed by atoms with Crippen LogP contribution < -0.4 is 16.2 Å². The Labute approximate surface area is 150 Å². The number of benzene rings is 1. The number of rotatable bonds is 4. The van der Waals surface area contributed by atoms with Crippen molar-refractivity contribution in [3.8, 4) is 0 Å². The van der Waals surface area contributed by atoms with Crippen molar-refractivity contribution >= 4 is 39.7 Å². The summed E-state index contributed by atoms with van der Waals surface area (Å²) in [4.78, 5) is 34.6. The highest BCUT2D eigenvalue weighted by atomic mass is 79.9. The van der Waals surface area contributed by atoms with Gasteiger partial charge in [0.15, 0.2) is 0 Å². The third-order valence-electron chi connectivity index (χ3n) is 2.88. The van der Waals surface area contributed by atoms with Gasteiger partial charge in [-0.3, -0.25) is 25.2 Å². The van der Waals surface area contributed by atoms with E-state index >= 15 is 0 Å². The normalized spacial score (nSPS) is 10.5. The van der Waals surface area contributed by atoms with Crippen LogP contribution in [-0.4, -0.2) is 17.7 Å². The third-order valence-corrected chi connectivity index (χ3v) is 3.37. The maximum atomic E-state index is 13.5. The van der Waals surface area contributed by atoms with Crippen LogP contribution in [0.25, 0.3) is 6.08 Å². The lowest BCUT2D eigenvalue weighted by atomic mass is 10.2. The summed E-state index contributed by atoms with van der Waals surface area (Å²) in [6, 6.07) is 7.52. The Hall–Kier alpha value is -2.94. The van der Waals surface area contributed by atoms with E-state index in [-0.39, 0.29) is 12.1 Å². The molecule has 9 heteroatoms. The number of carbonyl (C=O) groups excluding carboxylic acids is 3. The number of halogens is 2. The van der Waals surface area contributed by atoms with E-state index in [1.807, 2.05) is 10.9 Å². The zero-order chi connectivity index (χ0) is 18.2. The molecule has 0 radical (unpaired) electrons. The lowest BCUT2D eigenvalue weighted by Gasteiger charge is -2.05. The minimum absolute atomic E-state index is 0.0370. The van der Waals surface area contributed by atoms with E-state index in [0.717, 1.165) is 6.08 Å². The molecule has 3 N–H and O–H groups in total. The predicted octanol–water partition coefficient (Wildman–Crippen LogP) is 1.66. The summed E-state index contributed by atoms with van der Waals surface area (Å²) in [5, 5.41) is 2.31. The molecule has 130 valence electrons. The largest absolute Gasteiger partial charge is 0.467 e. The summed E-state index contributed by atoms with van der Waals surface area (Å²) in [6.07, 6.45) is 3.69. The van der Waals surface area contributed by atoms with Gasteiger partial charge in [-0.1, -0.05) is 15.9 Å². The second-order valence-corrected chi connectivity index (χ2v) is 5.62. The summed E-state index contributed by atoms with van der Waals surface area (Å²) in [7, 11) is 0. The smallest absolute Gasteiger partial charge is 0.327 e. The summed E-state index contributed by atoms with van der Waals surface area (Å²) >= 11 is 3.19. The first-order valence-electron chi connectivity index (χ1n) is 6.99. The van der Waals surface area contributed by atoms with Crippen LogP contribution in [0.15, 0.2) is 51.6 Å². The number of furan rings is 1. The first-order valence-corrected chi connectivity index (χ1v) is 7.78. The summed E-state index contributed by atoms with van der Waals surface area (Å²) in [6.45, 7) is 0.0370. The van der Waals surface area contributed by atoms with Crippen LogP contribution in [0.4, 0.5) is 4.39 Å². The van der Waals surface area contributed by atoms with Crippen molar-refractivity contribution in [1.82, 2.24) is 16.2 Å². The van der Waals surface area contributed by atoms with Crippen molar-refractivity contribution in [1.29, 1.82) is 0 Å². The van der Waals surface area contributed by atoms with Gasteiger partial charge in [0.2, 0.25) is 0 Å². The Bertz CT molecular complexity index is 806. The SMILES string of the molecule is O=C(/C=C/c1cc(Br)ccc1F)NNC(=O)C(=O)NCc1ccco1. The van der Waals surface area contributed by atoms with Crippen LogP contribution in [0.5, 0.6) is 0 Å². The van der Waals surface area contributed by atoms with Crippen LogP contribution >= 0.6 is 15.9 Å². The highest BCUT2D eigenvalue weighted by Crippen LogP contribution is 2.16. The average molecular weight is 410 g/mol. The maximum absolute atomic E-state index is 13.5. The molecule has 0 unspecified atom stereocenters. The topological polar surface area (TPSA) is 100 Å². The number of carbonyl (C=O) groups is 3. The second-order valence-electron chi connectivity index (χ2n) is 4.70. The fraction of sp³-hybridized carbons (Fsp3) is 0.0625. The highest BCUT2D eigenvalue weighted by molar-refractivity contribution is 9.10. The van der Waals surface area contributed by atoms with Crippen LogP contribution in [0.1, 0.15) is 11.3 Å². The quantitative estimate of drug-likeness (QED) is 0.406. The van der Waals surface area contributed by atoms with Gasteiger partial charge in [0, 0.05) is 16.1 Å². The van der Waals surface area contributed by atoms with E-state index in [0.29, 0.717) is 10.2 Å². The monoisotopic (exact) mass is 409 g/mol. The molecular weight excluding hydrogens is 397 g/mol. The van der Waals surface area contributed by atoms with Crippen LogP contribution in [-0.2, 0) is 20.9 Å². The molecule has 0 fully saturated rings. The molecule has 0 atom stereocenters. The number of nitrogens with one attached hydrogen (secondary N) is 3. The van der Waals surface area contributed by atoms with E-state index in [4.69, 9.17) is 4.42 Å². The number of amides is 3. The molecule has 25 heavy (non-hydrogen) atoms. The van der Waals surface area contributed by atoms with Gasteiger partial charge < -0.3 is 9.73 Å². The lowest BCUT2D eigenvalue weighted by Crippen LogP contribution is -2.47. The van der Waals surface area contributed by atoms with Gasteiger partial charge in [0.05, 0.1) is 12.8 Å². The van der Waals surface area contributed by atoms with Crippen molar-refractivity contribution in [3.05, 3.63) is 64.3 Å². The van der Waals surface area contributed by atoms with Crippen molar-refractivity contribution in [2.24, 2.45) is 0 Å². The van der Waals surface area contributed by atoms with Crippen LogP contribution in [0.2, 0.25) is 0 Å². The minimum Gasteiger partial charge on any atom is -0.467 e. The molecule has 1 aromatic carbocycles. The molecular formula is C16H13BrFN3O4. The number of hydrogen-bond donors (Lipinski definition) is 3. The Morgan fingerprint density at radius 1 is 1.16 bits per heavy atom. The third kappa shape index (κ3) is 5.88. The maximum Gasteiger partial charge on any atom is 0.327 e. The van der Waals surface area contributed by atoms with Gasteiger partial charge in [-0.15, -0.1) is 0 Å². The van der Waals surface area contributed by atoms with Crippen molar-refractivity contribution in [3.63, 3.8) is 0 Å². The van der Waals surface area contributed by atoms with Crippen LogP contribution in [0.3, 0.4) is 0 Å². The molecule has 0 spiro atoms. The summed E-state index contributed by atoms with van der Waals surface area (Å²) < 4.78 is 19.2. The second kappa shape index (κ2) is 8.78. The van der Waals surface area contributed by atoms with Crippen molar-refractivity contribution in [2.45, 2.75) is 6.54 Å². The molecule has 0 saturated carbocycles. The number of hydrazine groups is 1. The molecule has 1 aromatic heterocycles. The van der Waals surface area contributed by atoms with E-state index in [1.54, 1.807) is 12.1 Å². The molecule has 2 rings (SSSR count). The zero-order valence-corrected chi connectivity index (χ0v) is 14.3. The van der Waals surface area contributed by atoms with Crippen LogP contribution in [0, 0.1) is 5.82 Å². The van der Waals surface area contributed by atoms with Crippen molar-refractivity contribution < 1.29 is 23.2 Å². The van der Waals surface area contributed by atoms with Crippen molar-refractivity contribution in [2.75, 3.05) is 0 Å². The van der Waals surface area contributed by atoms with Gasteiger partial charge in [0.25, 0.3) is 5.91 Å². The fourth-order valence-electron chi connectivity index (χ4n) is 1.69. The molecule has 0 bridgehead atoms. The molecule has 0 saturated heterocycles. The Morgan fingerprint density at radius 2 is 1.96 bits per heavy atom. The minimum atomic E-state index is -1.05. The van der Waals surface area contributed by atoms with E-state index in [9.17, 15) is 18.8 Å². The Kier molecular flexibility index (Phi) is 6.47. The Balaban J connectivity index is 1.78.